The van der Waals surface area contributed by atoms with E-state index in [1.54, 1.807) is 0 Å². The normalized spacial score (nSPS) is 29.6. The Bertz CT molecular complexity index is 586. The number of nitrogens with zero attached hydrogens (tertiary/aromatic N) is 2. The van der Waals surface area contributed by atoms with E-state index in [1.807, 2.05) is 0 Å². The molecule has 4 atom stereocenters. The lowest BCUT2D eigenvalue weighted by Crippen LogP contribution is -2.38. The molecule has 2 heterocycles. The van der Waals surface area contributed by atoms with Crippen LogP contribution in [0.2, 0.25) is 0 Å². The number of primary amides is 1. The third kappa shape index (κ3) is 2.31. The van der Waals surface area contributed by atoms with E-state index in [2.05, 4.69) is 4.98 Å². The summed E-state index contributed by atoms with van der Waals surface area (Å²) in [5.41, 5.74) is 4.06. The van der Waals surface area contributed by atoms with E-state index in [0.29, 0.717) is 5.69 Å². The number of hydrogen-bond donors (Lipinski definition) is 4. The largest absolute Gasteiger partial charge is 0.394 e. The van der Waals surface area contributed by atoms with Gasteiger partial charge in [-0.25, -0.2) is 4.98 Å². The van der Waals surface area contributed by atoms with E-state index in [9.17, 15) is 19.8 Å². The van der Waals surface area contributed by atoms with Gasteiger partial charge >= 0.3 is 0 Å². The van der Waals surface area contributed by atoms with Gasteiger partial charge in [-0.2, -0.15) is 0 Å². The van der Waals surface area contributed by atoms with E-state index in [0.717, 1.165) is 4.57 Å². The van der Waals surface area contributed by atoms with Crippen LogP contribution >= 0.6 is 0 Å². The molecule has 0 aliphatic carbocycles. The first-order valence-corrected chi connectivity index (χ1v) is 5.89. The first kappa shape index (κ1) is 14.6. The number of aromatic nitrogens is 2. The van der Waals surface area contributed by atoms with Crippen LogP contribution in [0.3, 0.4) is 0 Å². The quantitative estimate of drug-likeness (QED) is 0.471. The molecule has 1 aromatic heterocycles. The maximum absolute atomic E-state index is 12.1. The number of aryl methyl sites for hydroxylation is 1. The highest BCUT2D eigenvalue weighted by Crippen LogP contribution is 2.28. The van der Waals surface area contributed by atoms with Gasteiger partial charge in [-0.1, -0.05) is 0 Å². The Balaban J connectivity index is 2.49. The standard InChI is InChI=1S/C11H15N3O6/c1-4-2-14(10(19)6(13-4)9(12)18)11-8(17)7(16)5(3-15)20-11/h2,5,7-8,11,15-17H,3H2,1H3,(H2,12,18)/t5-,7-,8+,11-/m1/s1. The van der Waals surface area contributed by atoms with Gasteiger partial charge in [-0.3, -0.25) is 14.2 Å². The van der Waals surface area contributed by atoms with Crippen molar-refractivity contribution in [3.63, 3.8) is 0 Å². The second kappa shape index (κ2) is 5.29. The molecular formula is C11H15N3O6. The zero-order valence-corrected chi connectivity index (χ0v) is 10.6. The highest BCUT2D eigenvalue weighted by molar-refractivity contribution is 5.90. The van der Waals surface area contributed by atoms with Crippen LogP contribution in [0.4, 0.5) is 0 Å². The maximum atomic E-state index is 12.1. The minimum Gasteiger partial charge on any atom is -0.394 e. The summed E-state index contributed by atoms with van der Waals surface area (Å²) in [5.74, 6) is -1.00. The summed E-state index contributed by atoms with van der Waals surface area (Å²) < 4.78 is 6.16. The summed E-state index contributed by atoms with van der Waals surface area (Å²) in [4.78, 5) is 27.0. The Morgan fingerprint density at radius 2 is 2.15 bits per heavy atom. The zero-order chi connectivity index (χ0) is 15.0. The van der Waals surface area contributed by atoms with E-state index in [4.69, 9.17) is 15.6 Å². The minimum absolute atomic E-state index is 0.316. The monoisotopic (exact) mass is 285 g/mol. The fraction of sp³-hybridized carbons (Fsp3) is 0.545. The molecule has 0 spiro atoms. The fourth-order valence-corrected chi connectivity index (χ4v) is 2.09. The average Bonchev–Trinajstić information content (AvgIpc) is 2.68. The number of carbonyl (C=O) groups excluding carboxylic acids is 1. The molecule has 9 nitrogen and oxygen atoms in total. The molecule has 1 aromatic rings. The number of hydrogen-bond acceptors (Lipinski definition) is 7. The van der Waals surface area contributed by atoms with Crippen LogP contribution in [0.25, 0.3) is 0 Å². The number of ether oxygens (including phenoxy) is 1. The lowest BCUT2D eigenvalue weighted by molar-refractivity contribution is -0.0546. The Morgan fingerprint density at radius 3 is 2.65 bits per heavy atom. The SMILES string of the molecule is Cc1cn([C@@H]2O[C@H](CO)[C@@H](O)[C@@H]2O)c(=O)c(C(N)=O)n1. The second-order valence-electron chi connectivity index (χ2n) is 4.54. The van der Waals surface area contributed by atoms with Gasteiger partial charge in [0.1, 0.15) is 18.3 Å². The van der Waals surface area contributed by atoms with Crippen molar-refractivity contribution in [1.29, 1.82) is 0 Å². The van der Waals surface area contributed by atoms with Gasteiger partial charge in [-0.15, -0.1) is 0 Å². The van der Waals surface area contributed by atoms with Crippen molar-refractivity contribution in [2.24, 2.45) is 5.73 Å². The van der Waals surface area contributed by atoms with Gasteiger partial charge in [0.15, 0.2) is 11.9 Å². The predicted octanol–water partition coefficient (Wildman–Crippen LogP) is -2.74. The number of carbonyl (C=O) groups is 1. The Morgan fingerprint density at radius 1 is 1.50 bits per heavy atom. The number of rotatable bonds is 3. The number of amides is 1. The van der Waals surface area contributed by atoms with Gasteiger partial charge < -0.3 is 25.8 Å². The lowest BCUT2D eigenvalue weighted by atomic mass is 10.1. The second-order valence-corrected chi connectivity index (χ2v) is 4.54. The van der Waals surface area contributed by atoms with Gasteiger partial charge in [0.05, 0.1) is 12.3 Å². The van der Waals surface area contributed by atoms with Gasteiger partial charge in [-0.05, 0) is 6.92 Å². The molecule has 1 aliphatic rings. The molecule has 0 aromatic carbocycles. The fourth-order valence-electron chi connectivity index (χ4n) is 2.09. The number of aliphatic hydroxyl groups is 3. The third-order valence-corrected chi connectivity index (χ3v) is 3.08. The summed E-state index contributed by atoms with van der Waals surface area (Å²) in [5, 5.41) is 28.6. The van der Waals surface area contributed by atoms with Crippen molar-refractivity contribution in [3.8, 4) is 0 Å². The molecule has 1 fully saturated rings. The van der Waals surface area contributed by atoms with Crippen LogP contribution in [0.15, 0.2) is 11.0 Å². The van der Waals surface area contributed by atoms with Crippen LogP contribution in [-0.2, 0) is 4.74 Å². The van der Waals surface area contributed by atoms with E-state index in [1.165, 1.54) is 13.1 Å². The summed E-state index contributed by atoms with van der Waals surface area (Å²) in [6.45, 7) is 1.01. The molecule has 2 rings (SSSR count). The molecule has 110 valence electrons. The summed E-state index contributed by atoms with van der Waals surface area (Å²) in [7, 11) is 0. The zero-order valence-electron chi connectivity index (χ0n) is 10.6. The summed E-state index contributed by atoms with van der Waals surface area (Å²) in [6, 6.07) is 0. The highest BCUT2D eigenvalue weighted by Gasteiger charge is 2.44. The number of nitrogens with two attached hydrogens (primary N) is 1. The molecule has 1 saturated heterocycles. The Hall–Kier alpha value is -1.81. The first-order valence-electron chi connectivity index (χ1n) is 5.89. The van der Waals surface area contributed by atoms with Crippen molar-refractivity contribution in [2.45, 2.75) is 31.5 Å². The van der Waals surface area contributed by atoms with E-state index in [-0.39, 0.29) is 0 Å². The van der Waals surface area contributed by atoms with Crippen LogP contribution in [-0.4, -0.2) is 55.7 Å². The topological polar surface area (TPSA) is 148 Å². The first-order chi connectivity index (χ1) is 9.36. The van der Waals surface area contributed by atoms with Crippen molar-refractivity contribution in [3.05, 3.63) is 27.9 Å². The van der Waals surface area contributed by atoms with E-state index >= 15 is 0 Å². The molecule has 0 saturated carbocycles. The lowest BCUT2D eigenvalue weighted by Gasteiger charge is -2.18. The van der Waals surface area contributed by atoms with Crippen LogP contribution in [0, 0.1) is 6.92 Å². The Labute approximate surface area is 113 Å². The van der Waals surface area contributed by atoms with E-state index < -0.39 is 48.3 Å². The van der Waals surface area contributed by atoms with Gasteiger partial charge in [0, 0.05) is 6.20 Å². The molecule has 5 N–H and O–H groups in total. The minimum atomic E-state index is -1.42. The summed E-state index contributed by atoms with van der Waals surface area (Å²) >= 11 is 0. The summed E-state index contributed by atoms with van der Waals surface area (Å²) in [6.07, 6.45) is -3.74. The molecule has 0 radical (unpaired) electrons. The molecule has 20 heavy (non-hydrogen) atoms. The van der Waals surface area contributed by atoms with Gasteiger partial charge in [0.25, 0.3) is 11.5 Å². The van der Waals surface area contributed by atoms with Crippen molar-refractivity contribution in [2.75, 3.05) is 6.61 Å². The van der Waals surface area contributed by atoms with Crippen LogP contribution < -0.4 is 11.3 Å². The predicted molar refractivity (Wildman–Crippen MR) is 64.8 cm³/mol. The van der Waals surface area contributed by atoms with Crippen LogP contribution in [0.1, 0.15) is 22.4 Å². The maximum Gasteiger partial charge on any atom is 0.284 e. The van der Waals surface area contributed by atoms with Crippen molar-refractivity contribution < 1.29 is 24.9 Å². The molecule has 9 heteroatoms. The third-order valence-electron chi connectivity index (χ3n) is 3.08. The van der Waals surface area contributed by atoms with Crippen molar-refractivity contribution >= 4 is 5.91 Å². The molecule has 0 unspecified atom stereocenters. The molecule has 1 aliphatic heterocycles. The van der Waals surface area contributed by atoms with Crippen LogP contribution in [0.5, 0.6) is 0 Å². The smallest absolute Gasteiger partial charge is 0.284 e. The highest BCUT2D eigenvalue weighted by atomic mass is 16.6. The molecule has 0 bridgehead atoms. The number of aliphatic hydroxyl groups excluding tert-OH is 3. The molecule has 1 amide bonds. The van der Waals surface area contributed by atoms with Crippen molar-refractivity contribution in [1.82, 2.24) is 9.55 Å². The Kier molecular flexibility index (Phi) is 3.86. The molecular weight excluding hydrogens is 270 g/mol. The average molecular weight is 285 g/mol. The van der Waals surface area contributed by atoms with Gasteiger partial charge in [0.2, 0.25) is 0 Å².